The molecule has 25 heavy (non-hydrogen) atoms. The summed E-state index contributed by atoms with van der Waals surface area (Å²) in [6.07, 6.45) is 0. The van der Waals surface area contributed by atoms with Crippen LogP contribution in [0.5, 0.6) is 0 Å². The third kappa shape index (κ3) is 3.24. The Kier molecular flexibility index (Phi) is 5.25. The molecule has 0 bridgehead atoms. The average Bonchev–Trinajstić information content (AvgIpc) is 2.64. The third-order valence-electron chi connectivity index (χ3n) is 3.40. The Balaban J connectivity index is 2.63. The molecule has 0 aromatic heterocycles. The molecule has 0 heterocycles. The highest BCUT2D eigenvalue weighted by atomic mass is 19.2. The number of rotatable bonds is 4. The molecule has 8 heteroatoms. The number of benzene rings is 2. The number of halogens is 3. The van der Waals surface area contributed by atoms with Gasteiger partial charge in [-0.2, -0.15) is 10.5 Å². The maximum absolute atomic E-state index is 14.3. The number of nitrogens with zero attached hydrogens (tertiary/aromatic N) is 2. The standard InChI is InChI=1S/C17H10F3N3O2/c1-25-17(24)15(9-5-3-2-4-6-9)23-16-11(8-22)12(18)10(7-21)13(19)14(16)20/h2-6,15,23H,1H3/t15-/m0/s1. The van der Waals surface area contributed by atoms with Gasteiger partial charge in [-0.05, 0) is 5.56 Å². The lowest BCUT2D eigenvalue weighted by Crippen LogP contribution is -2.24. The number of carbonyl (C=O) groups excluding carboxylic acids is 1. The zero-order chi connectivity index (χ0) is 18.6. The Morgan fingerprint density at radius 3 is 2.16 bits per heavy atom. The molecule has 2 aromatic rings. The summed E-state index contributed by atoms with van der Waals surface area (Å²) in [6, 6.07) is 9.09. The first-order valence-corrected chi connectivity index (χ1v) is 6.86. The van der Waals surface area contributed by atoms with Crippen LogP contribution in [-0.2, 0) is 9.53 Å². The molecule has 0 radical (unpaired) electrons. The van der Waals surface area contributed by atoms with Gasteiger partial charge in [0.2, 0.25) is 0 Å². The van der Waals surface area contributed by atoms with Gasteiger partial charge in [-0.25, -0.2) is 18.0 Å². The minimum Gasteiger partial charge on any atom is -0.467 e. The number of esters is 1. The van der Waals surface area contributed by atoms with Gasteiger partial charge < -0.3 is 10.1 Å². The van der Waals surface area contributed by atoms with E-state index in [0.717, 1.165) is 13.2 Å². The van der Waals surface area contributed by atoms with Crippen LogP contribution in [0.4, 0.5) is 18.9 Å². The fourth-order valence-corrected chi connectivity index (χ4v) is 2.19. The first-order valence-electron chi connectivity index (χ1n) is 6.86. The van der Waals surface area contributed by atoms with Crippen LogP contribution < -0.4 is 5.32 Å². The Bertz CT molecular complexity index is 902. The zero-order valence-corrected chi connectivity index (χ0v) is 12.8. The summed E-state index contributed by atoms with van der Waals surface area (Å²) < 4.78 is 46.8. The van der Waals surface area contributed by atoms with Crippen LogP contribution >= 0.6 is 0 Å². The summed E-state index contributed by atoms with van der Waals surface area (Å²) >= 11 is 0. The van der Waals surface area contributed by atoms with Crippen LogP contribution in [0.2, 0.25) is 0 Å². The molecule has 0 saturated carbocycles. The van der Waals surface area contributed by atoms with Gasteiger partial charge in [-0.3, -0.25) is 0 Å². The van der Waals surface area contributed by atoms with Crippen LogP contribution in [0.15, 0.2) is 30.3 Å². The van der Waals surface area contributed by atoms with E-state index in [4.69, 9.17) is 10.5 Å². The molecule has 0 aliphatic carbocycles. The van der Waals surface area contributed by atoms with Crippen molar-refractivity contribution in [1.82, 2.24) is 0 Å². The lowest BCUT2D eigenvalue weighted by molar-refractivity contribution is -0.141. The van der Waals surface area contributed by atoms with Crippen LogP contribution in [-0.4, -0.2) is 13.1 Å². The van der Waals surface area contributed by atoms with Crippen molar-refractivity contribution in [3.8, 4) is 12.1 Å². The van der Waals surface area contributed by atoms with Crippen LogP contribution in [0.3, 0.4) is 0 Å². The van der Waals surface area contributed by atoms with Crippen molar-refractivity contribution in [3.05, 3.63) is 64.5 Å². The summed E-state index contributed by atoms with van der Waals surface area (Å²) in [4.78, 5) is 12.0. The predicted octanol–water partition coefficient (Wildman–Crippen LogP) is 3.17. The van der Waals surface area contributed by atoms with Crippen molar-refractivity contribution in [1.29, 1.82) is 10.5 Å². The topological polar surface area (TPSA) is 85.9 Å². The van der Waals surface area contributed by atoms with Gasteiger partial charge in [-0.1, -0.05) is 30.3 Å². The van der Waals surface area contributed by atoms with Crippen LogP contribution in [0.1, 0.15) is 22.7 Å². The number of ether oxygens (including phenoxy) is 1. The molecule has 0 aliphatic rings. The third-order valence-corrected chi connectivity index (χ3v) is 3.40. The monoisotopic (exact) mass is 345 g/mol. The van der Waals surface area contributed by atoms with Gasteiger partial charge >= 0.3 is 5.97 Å². The lowest BCUT2D eigenvalue weighted by atomic mass is 10.0. The van der Waals surface area contributed by atoms with Crippen molar-refractivity contribution >= 4 is 11.7 Å². The quantitative estimate of drug-likeness (QED) is 0.679. The SMILES string of the molecule is COC(=O)[C@@H](Nc1c(F)c(F)c(C#N)c(F)c1C#N)c1ccccc1. The van der Waals surface area contributed by atoms with Crippen LogP contribution in [0, 0.1) is 40.1 Å². The van der Waals surface area contributed by atoms with E-state index >= 15 is 0 Å². The molecule has 2 aromatic carbocycles. The van der Waals surface area contributed by atoms with Crippen molar-refractivity contribution < 1.29 is 22.7 Å². The Labute approximate surface area is 140 Å². The fraction of sp³-hybridized carbons (Fsp3) is 0.118. The van der Waals surface area contributed by atoms with Gasteiger partial charge in [0.25, 0.3) is 0 Å². The molecular weight excluding hydrogens is 335 g/mol. The van der Waals surface area contributed by atoms with Crippen molar-refractivity contribution in [2.24, 2.45) is 0 Å². The Hall–Kier alpha value is -3.52. The summed E-state index contributed by atoms with van der Waals surface area (Å²) in [5, 5.41) is 20.1. The number of anilines is 1. The molecule has 0 fully saturated rings. The van der Waals surface area contributed by atoms with Crippen molar-refractivity contribution in [3.63, 3.8) is 0 Å². The van der Waals surface area contributed by atoms with Gasteiger partial charge in [0, 0.05) is 0 Å². The Morgan fingerprint density at radius 2 is 1.64 bits per heavy atom. The Morgan fingerprint density at radius 1 is 1.04 bits per heavy atom. The number of carbonyl (C=O) groups is 1. The highest BCUT2D eigenvalue weighted by Crippen LogP contribution is 2.31. The highest BCUT2D eigenvalue weighted by Gasteiger charge is 2.29. The minimum atomic E-state index is -1.75. The summed E-state index contributed by atoms with van der Waals surface area (Å²) in [7, 11) is 1.08. The van der Waals surface area contributed by atoms with Crippen molar-refractivity contribution in [2.45, 2.75) is 6.04 Å². The molecule has 1 atom stereocenters. The second-order valence-corrected chi connectivity index (χ2v) is 4.80. The van der Waals surface area contributed by atoms with Gasteiger partial charge in [0.05, 0.1) is 12.8 Å². The molecule has 5 nitrogen and oxygen atoms in total. The summed E-state index contributed by atoms with van der Waals surface area (Å²) in [5.74, 6) is -5.76. The molecule has 1 N–H and O–H groups in total. The van der Waals surface area contributed by atoms with E-state index in [1.54, 1.807) is 18.2 Å². The maximum atomic E-state index is 14.3. The zero-order valence-electron chi connectivity index (χ0n) is 12.8. The van der Waals surface area contributed by atoms with Gasteiger partial charge in [0.15, 0.2) is 23.5 Å². The van der Waals surface area contributed by atoms with E-state index < -0.39 is 46.3 Å². The van der Waals surface area contributed by atoms with Crippen LogP contribution in [0.25, 0.3) is 0 Å². The first-order chi connectivity index (χ1) is 12.0. The molecule has 0 amide bonds. The van der Waals surface area contributed by atoms with E-state index in [9.17, 15) is 18.0 Å². The molecule has 0 saturated heterocycles. The molecule has 2 rings (SSSR count). The molecular formula is C17H10F3N3O2. The summed E-state index contributed by atoms with van der Waals surface area (Å²) in [6.45, 7) is 0. The molecule has 126 valence electrons. The van der Waals surface area contributed by atoms with E-state index in [1.165, 1.54) is 18.2 Å². The first kappa shape index (κ1) is 17.8. The molecule has 0 aliphatic heterocycles. The van der Waals surface area contributed by atoms with Crippen molar-refractivity contribution in [2.75, 3.05) is 12.4 Å². The second-order valence-electron chi connectivity index (χ2n) is 4.80. The average molecular weight is 345 g/mol. The summed E-state index contributed by atoms with van der Waals surface area (Å²) in [5.41, 5.74) is -2.67. The smallest absolute Gasteiger partial charge is 0.332 e. The fourth-order valence-electron chi connectivity index (χ4n) is 2.19. The number of methoxy groups -OCH3 is 1. The lowest BCUT2D eigenvalue weighted by Gasteiger charge is -2.20. The van der Waals surface area contributed by atoms with Gasteiger partial charge in [0.1, 0.15) is 23.3 Å². The second kappa shape index (κ2) is 7.37. The molecule has 0 spiro atoms. The highest BCUT2D eigenvalue weighted by molar-refractivity contribution is 5.82. The van der Waals surface area contributed by atoms with E-state index in [1.807, 2.05) is 0 Å². The van der Waals surface area contributed by atoms with E-state index in [0.29, 0.717) is 5.56 Å². The normalized spacial score (nSPS) is 11.1. The number of nitrogens with one attached hydrogen (secondary N) is 1. The van der Waals surface area contributed by atoms with Gasteiger partial charge in [-0.15, -0.1) is 0 Å². The largest absolute Gasteiger partial charge is 0.467 e. The number of hydrogen-bond donors (Lipinski definition) is 1. The molecule has 0 unspecified atom stereocenters. The number of hydrogen-bond acceptors (Lipinski definition) is 5. The van der Waals surface area contributed by atoms with E-state index in [-0.39, 0.29) is 0 Å². The minimum absolute atomic E-state index is 0.322. The number of nitriles is 2. The maximum Gasteiger partial charge on any atom is 0.332 e. The predicted molar refractivity (Wildman–Crippen MR) is 80.6 cm³/mol. The van der Waals surface area contributed by atoms with E-state index in [2.05, 4.69) is 10.1 Å².